The predicted molar refractivity (Wildman–Crippen MR) is 154 cm³/mol. The number of amides is 1. The molecule has 44 heavy (non-hydrogen) atoms. The van der Waals surface area contributed by atoms with Gasteiger partial charge in [0.05, 0.1) is 33.5 Å². The van der Waals surface area contributed by atoms with Gasteiger partial charge in [0.2, 0.25) is 0 Å². The van der Waals surface area contributed by atoms with Gasteiger partial charge in [-0.2, -0.15) is 19.8 Å². The second-order valence-corrected chi connectivity index (χ2v) is 10.0. The number of hydrogen-bond donors (Lipinski definition) is 1. The number of ether oxygens (including phenoxy) is 4. The molecule has 4 rings (SSSR count). The number of aliphatic hydroxyl groups is 1. The summed E-state index contributed by atoms with van der Waals surface area (Å²) < 4.78 is 61.6. The van der Waals surface area contributed by atoms with Crippen molar-refractivity contribution < 1.29 is 73.1 Å². The summed E-state index contributed by atoms with van der Waals surface area (Å²) in [6, 6.07) is 24.9. The van der Waals surface area contributed by atoms with Gasteiger partial charge in [-0.05, 0) is 41.0 Å². The zero-order valence-electron chi connectivity index (χ0n) is 24.6. The summed E-state index contributed by atoms with van der Waals surface area (Å²) in [6.45, 7) is 1.99. The maximum absolute atomic E-state index is 12.7. The van der Waals surface area contributed by atoms with E-state index < -0.39 is 23.8 Å². The van der Waals surface area contributed by atoms with Crippen LogP contribution in [-0.2, 0) is 19.9 Å². The molecule has 3 aromatic rings. The monoisotopic (exact) mass is 839 g/mol. The zero-order chi connectivity index (χ0) is 30.9. The Morgan fingerprint density at radius 3 is 1.80 bits per heavy atom. The number of nitrogens with zero attached hydrogens (tertiary/aromatic N) is 2. The van der Waals surface area contributed by atoms with E-state index in [-0.39, 0.29) is 70.5 Å². The van der Waals surface area contributed by atoms with Gasteiger partial charge in [0.25, 0.3) is 0 Å². The number of benzene rings is 3. The molecular weight excluding hydrogens is 803 g/mol. The van der Waals surface area contributed by atoms with Crippen LogP contribution in [0.1, 0.15) is 16.7 Å². The van der Waals surface area contributed by atoms with Gasteiger partial charge in [-0.1, -0.05) is 54.6 Å². The Bertz CT molecular complexity index is 1240. The van der Waals surface area contributed by atoms with Crippen molar-refractivity contribution in [2.24, 2.45) is 0 Å². The van der Waals surface area contributed by atoms with Crippen molar-refractivity contribution in [3.05, 3.63) is 102 Å². The van der Waals surface area contributed by atoms with Crippen LogP contribution >= 0.6 is 0 Å². The minimum atomic E-state index is -4.88. The van der Waals surface area contributed by atoms with Crippen LogP contribution in [0.15, 0.2) is 78.9 Å². The molecule has 1 amide bonds. The first-order valence-corrected chi connectivity index (χ1v) is 13.9. The molecule has 1 heterocycles. The summed E-state index contributed by atoms with van der Waals surface area (Å²) in [5.74, 6) is -0.439. The molecule has 0 radical (unpaired) electrons. The predicted octanol–water partition coefficient (Wildman–Crippen LogP) is 4.26. The number of rotatable bonds is 13. The Hall–Kier alpha value is -2.59. The molecule has 0 spiro atoms. The molecule has 0 aromatic heterocycles. The van der Waals surface area contributed by atoms with Crippen molar-refractivity contribution in [1.29, 1.82) is 0 Å². The summed E-state index contributed by atoms with van der Waals surface area (Å²) in [7, 11) is 3.20. The Labute approximate surface area is 279 Å². The van der Waals surface area contributed by atoms with E-state index in [0.29, 0.717) is 18.0 Å². The summed E-state index contributed by atoms with van der Waals surface area (Å²) in [5, 5.41) is 10.2. The van der Waals surface area contributed by atoms with Crippen LogP contribution in [0.25, 0.3) is 0 Å². The molecule has 12 heteroatoms. The Morgan fingerprint density at radius 1 is 0.841 bits per heavy atom. The topological polar surface area (TPSA) is 80.7 Å². The average molecular weight is 840 g/mol. The fourth-order valence-electron chi connectivity index (χ4n) is 5.02. The first-order valence-electron chi connectivity index (χ1n) is 13.9. The standard InChI is InChI=1S/C32H36F3N2O6.U/c1-40-27-12-8-25(9-13-27)31(24-6-4-3-5-7-24,26-10-14-28(41-2)15-11-26)43-23-29(22-38)42-21-20-36-16-18-37(19-17-36)30(39)32(33,34)35;/h3-15,21,29,38H,16-20,22-23H2,1-2H3;/q-1;/t29-;/m1./s1. The number of hydrogen-bond acceptors (Lipinski definition) is 7. The van der Waals surface area contributed by atoms with Crippen molar-refractivity contribution in [3.63, 3.8) is 0 Å². The second kappa shape index (κ2) is 16.6. The number of carbonyl (C=O) groups is 1. The molecule has 236 valence electrons. The fourth-order valence-corrected chi connectivity index (χ4v) is 5.02. The van der Waals surface area contributed by atoms with Gasteiger partial charge in [-0.25, -0.2) is 0 Å². The number of aliphatic hydroxyl groups excluding tert-OH is 1. The smallest absolute Gasteiger partial charge is 0.471 e. The third kappa shape index (κ3) is 8.77. The van der Waals surface area contributed by atoms with E-state index >= 15 is 0 Å². The van der Waals surface area contributed by atoms with Gasteiger partial charge in [0, 0.05) is 57.3 Å². The molecule has 0 bridgehead atoms. The van der Waals surface area contributed by atoms with E-state index in [2.05, 4.69) is 0 Å². The van der Waals surface area contributed by atoms with E-state index in [4.69, 9.17) is 18.9 Å². The van der Waals surface area contributed by atoms with E-state index in [1.807, 2.05) is 83.8 Å². The third-order valence-corrected chi connectivity index (χ3v) is 7.39. The molecule has 0 saturated carbocycles. The number of alkyl halides is 3. The van der Waals surface area contributed by atoms with Gasteiger partial charge in [0.1, 0.15) is 17.1 Å². The minimum Gasteiger partial charge on any atom is -0.545 e. The maximum Gasteiger partial charge on any atom is 0.471 e. The van der Waals surface area contributed by atoms with Crippen molar-refractivity contribution in [2.45, 2.75) is 17.9 Å². The zero-order valence-corrected chi connectivity index (χ0v) is 28.8. The minimum absolute atomic E-state index is 0. The van der Waals surface area contributed by atoms with E-state index in [1.165, 1.54) is 6.61 Å². The van der Waals surface area contributed by atoms with Crippen LogP contribution in [0.4, 0.5) is 13.2 Å². The van der Waals surface area contributed by atoms with Crippen LogP contribution < -0.4 is 9.47 Å². The average Bonchev–Trinajstić information content (AvgIpc) is 3.04. The molecular formula is C32H36F3N2O6U-. The van der Waals surface area contributed by atoms with Crippen molar-refractivity contribution in [2.75, 3.05) is 60.2 Å². The summed E-state index contributed by atoms with van der Waals surface area (Å²) in [4.78, 5) is 14.2. The van der Waals surface area contributed by atoms with Crippen LogP contribution in [-0.4, -0.2) is 93.3 Å². The van der Waals surface area contributed by atoms with E-state index in [9.17, 15) is 23.1 Å². The van der Waals surface area contributed by atoms with E-state index in [0.717, 1.165) is 21.6 Å². The normalized spacial score (nSPS) is 14.9. The van der Waals surface area contributed by atoms with Crippen LogP contribution in [0.3, 0.4) is 0 Å². The largest absolute Gasteiger partial charge is 0.545 e. The van der Waals surface area contributed by atoms with Crippen LogP contribution in [0.5, 0.6) is 11.5 Å². The van der Waals surface area contributed by atoms with Crippen molar-refractivity contribution in [1.82, 2.24) is 9.80 Å². The number of halogens is 3. The van der Waals surface area contributed by atoms with Gasteiger partial charge in [-0.3, -0.25) is 4.79 Å². The van der Waals surface area contributed by atoms with Crippen LogP contribution in [0.2, 0.25) is 0 Å². The Morgan fingerprint density at radius 2 is 1.34 bits per heavy atom. The molecule has 8 nitrogen and oxygen atoms in total. The molecule has 1 atom stereocenters. The molecule has 1 fully saturated rings. The quantitative estimate of drug-likeness (QED) is 0.204. The molecule has 1 aliphatic heterocycles. The first-order chi connectivity index (χ1) is 20.7. The summed E-state index contributed by atoms with van der Waals surface area (Å²) >= 11 is 0. The van der Waals surface area contributed by atoms with E-state index in [1.54, 1.807) is 14.2 Å². The Balaban J connectivity index is 0.00000529. The van der Waals surface area contributed by atoms with Crippen molar-refractivity contribution in [3.8, 4) is 11.5 Å². The summed E-state index contributed by atoms with van der Waals surface area (Å²) in [5.41, 5.74) is 1.43. The number of piperazine rings is 1. The summed E-state index contributed by atoms with van der Waals surface area (Å²) in [6.07, 6.45) is -5.61. The number of carbonyl (C=O) groups excluding carboxylic acids is 1. The Kier molecular flexibility index (Phi) is 13.6. The molecule has 0 unspecified atom stereocenters. The molecule has 1 saturated heterocycles. The second-order valence-electron chi connectivity index (χ2n) is 10.0. The molecule has 3 aromatic carbocycles. The molecule has 1 N–H and O–H groups in total. The number of methoxy groups -OCH3 is 2. The van der Waals surface area contributed by atoms with Crippen LogP contribution in [0, 0.1) is 37.7 Å². The first kappa shape index (κ1) is 35.9. The van der Waals surface area contributed by atoms with Gasteiger partial charge < -0.3 is 33.9 Å². The van der Waals surface area contributed by atoms with Gasteiger partial charge in [-0.15, -0.1) is 6.54 Å². The van der Waals surface area contributed by atoms with Gasteiger partial charge >= 0.3 is 12.1 Å². The SMILES string of the molecule is COc1ccc(C(OC[C@@H](CO)O[CH-]CN2CCN(C(=O)C(F)(F)F)CC2)(c2ccccc2)c2ccc(OC)cc2)cc1.[U]. The van der Waals surface area contributed by atoms with Crippen molar-refractivity contribution >= 4 is 5.91 Å². The maximum atomic E-state index is 12.7. The molecule has 0 aliphatic carbocycles. The fraction of sp³-hybridized carbons (Fsp3) is 0.375. The molecule has 1 aliphatic rings. The third-order valence-electron chi connectivity index (χ3n) is 7.39. The van der Waals surface area contributed by atoms with Gasteiger partial charge in [0.15, 0.2) is 0 Å².